The van der Waals surface area contributed by atoms with Crippen molar-refractivity contribution in [3.8, 4) is 11.1 Å². The normalized spacial score (nSPS) is 10.4. The molecule has 2 nitrogen and oxygen atoms in total. The SMILES string of the molecule is Brc1cc(Nc2cccc(-c3ccccc3)c2)cc(Br)n1. The Hall–Kier alpha value is -1.65. The van der Waals surface area contributed by atoms with Gasteiger partial charge in [0.2, 0.25) is 0 Å². The van der Waals surface area contributed by atoms with Gasteiger partial charge in [0.1, 0.15) is 9.21 Å². The summed E-state index contributed by atoms with van der Waals surface area (Å²) >= 11 is 6.79. The molecule has 3 aromatic rings. The first-order valence-corrected chi connectivity index (χ1v) is 8.05. The summed E-state index contributed by atoms with van der Waals surface area (Å²) in [5, 5.41) is 3.40. The monoisotopic (exact) mass is 402 g/mol. The summed E-state index contributed by atoms with van der Waals surface area (Å²) in [6, 6.07) is 22.6. The van der Waals surface area contributed by atoms with E-state index in [9.17, 15) is 0 Å². The average Bonchev–Trinajstić information content (AvgIpc) is 2.47. The zero-order chi connectivity index (χ0) is 14.7. The van der Waals surface area contributed by atoms with Crippen LogP contribution in [0, 0.1) is 0 Å². The lowest BCUT2D eigenvalue weighted by Gasteiger charge is -2.09. The van der Waals surface area contributed by atoms with Gasteiger partial charge in [-0.05, 0) is 67.3 Å². The molecule has 2 aromatic carbocycles. The van der Waals surface area contributed by atoms with Crippen molar-refractivity contribution in [3.05, 3.63) is 75.9 Å². The van der Waals surface area contributed by atoms with E-state index in [2.05, 4.69) is 78.6 Å². The van der Waals surface area contributed by atoms with Crippen LogP contribution in [0.4, 0.5) is 11.4 Å². The van der Waals surface area contributed by atoms with Crippen molar-refractivity contribution in [1.82, 2.24) is 4.98 Å². The van der Waals surface area contributed by atoms with Crippen LogP contribution < -0.4 is 5.32 Å². The second-order valence-electron chi connectivity index (χ2n) is 4.57. The van der Waals surface area contributed by atoms with Gasteiger partial charge in [-0.3, -0.25) is 0 Å². The molecule has 0 unspecified atom stereocenters. The summed E-state index contributed by atoms with van der Waals surface area (Å²) < 4.78 is 1.58. The first-order chi connectivity index (χ1) is 10.2. The fourth-order valence-corrected chi connectivity index (χ4v) is 3.22. The van der Waals surface area contributed by atoms with Crippen LogP contribution >= 0.6 is 31.9 Å². The third kappa shape index (κ3) is 3.71. The fraction of sp³-hybridized carbons (Fsp3) is 0. The molecule has 0 atom stereocenters. The highest BCUT2D eigenvalue weighted by Crippen LogP contribution is 2.26. The summed E-state index contributed by atoms with van der Waals surface area (Å²) in [6.45, 7) is 0. The van der Waals surface area contributed by atoms with Gasteiger partial charge in [-0.15, -0.1) is 0 Å². The third-order valence-corrected chi connectivity index (χ3v) is 3.83. The molecule has 0 radical (unpaired) electrons. The lowest BCUT2D eigenvalue weighted by atomic mass is 10.1. The van der Waals surface area contributed by atoms with E-state index < -0.39 is 0 Å². The highest BCUT2D eigenvalue weighted by Gasteiger charge is 2.02. The second-order valence-corrected chi connectivity index (χ2v) is 6.20. The van der Waals surface area contributed by atoms with Crippen LogP contribution in [-0.4, -0.2) is 4.98 Å². The number of rotatable bonds is 3. The van der Waals surface area contributed by atoms with Crippen molar-refractivity contribution in [1.29, 1.82) is 0 Å². The number of nitrogens with one attached hydrogen (secondary N) is 1. The lowest BCUT2D eigenvalue weighted by Crippen LogP contribution is -1.92. The molecule has 3 rings (SSSR count). The predicted molar refractivity (Wildman–Crippen MR) is 94.8 cm³/mol. The van der Waals surface area contributed by atoms with Crippen LogP contribution in [0.3, 0.4) is 0 Å². The quantitative estimate of drug-likeness (QED) is 0.541. The Bertz CT molecular complexity index is 737. The Kier molecular flexibility index (Phi) is 4.36. The zero-order valence-electron chi connectivity index (χ0n) is 11.1. The van der Waals surface area contributed by atoms with Gasteiger partial charge in [-0.2, -0.15) is 0 Å². The third-order valence-electron chi connectivity index (χ3n) is 3.02. The average molecular weight is 404 g/mol. The van der Waals surface area contributed by atoms with Crippen molar-refractivity contribution in [2.45, 2.75) is 0 Å². The van der Waals surface area contributed by atoms with E-state index in [0.29, 0.717) is 0 Å². The molecule has 0 bridgehead atoms. The van der Waals surface area contributed by atoms with Gasteiger partial charge in [-0.25, -0.2) is 4.98 Å². The molecule has 0 aliphatic rings. The fourth-order valence-electron chi connectivity index (χ4n) is 2.11. The van der Waals surface area contributed by atoms with Gasteiger partial charge < -0.3 is 5.32 Å². The first-order valence-electron chi connectivity index (χ1n) is 6.46. The van der Waals surface area contributed by atoms with Crippen LogP contribution in [0.1, 0.15) is 0 Å². The Labute approximate surface area is 140 Å². The van der Waals surface area contributed by atoms with Gasteiger partial charge >= 0.3 is 0 Å². The standard InChI is InChI=1S/C17H12Br2N2/c18-16-10-15(11-17(19)21-16)20-14-8-4-7-13(9-14)12-5-2-1-3-6-12/h1-11H,(H,20,21). The van der Waals surface area contributed by atoms with Gasteiger partial charge in [0.05, 0.1) is 0 Å². The molecule has 0 saturated heterocycles. The highest BCUT2D eigenvalue weighted by atomic mass is 79.9. The van der Waals surface area contributed by atoms with E-state index in [1.165, 1.54) is 11.1 Å². The molecular formula is C17H12Br2N2. The van der Waals surface area contributed by atoms with Gasteiger partial charge in [0, 0.05) is 11.4 Å². The number of anilines is 2. The van der Waals surface area contributed by atoms with E-state index in [1.807, 2.05) is 30.3 Å². The molecule has 0 saturated carbocycles. The Morgan fingerprint density at radius 1 is 0.667 bits per heavy atom. The van der Waals surface area contributed by atoms with Crippen molar-refractivity contribution in [2.24, 2.45) is 0 Å². The smallest absolute Gasteiger partial charge is 0.109 e. The van der Waals surface area contributed by atoms with Crippen molar-refractivity contribution in [3.63, 3.8) is 0 Å². The Balaban J connectivity index is 1.90. The zero-order valence-corrected chi connectivity index (χ0v) is 14.2. The van der Waals surface area contributed by atoms with Crippen LogP contribution in [0.2, 0.25) is 0 Å². The number of benzene rings is 2. The summed E-state index contributed by atoms with van der Waals surface area (Å²) in [5.74, 6) is 0. The molecule has 0 aliphatic heterocycles. The van der Waals surface area contributed by atoms with E-state index >= 15 is 0 Å². The maximum Gasteiger partial charge on any atom is 0.109 e. The highest BCUT2D eigenvalue weighted by molar-refractivity contribution is 9.11. The van der Waals surface area contributed by atoms with E-state index in [1.54, 1.807) is 0 Å². The summed E-state index contributed by atoms with van der Waals surface area (Å²) in [4.78, 5) is 4.23. The topological polar surface area (TPSA) is 24.9 Å². The number of pyridine rings is 1. The summed E-state index contributed by atoms with van der Waals surface area (Å²) in [6.07, 6.45) is 0. The molecule has 1 N–H and O–H groups in total. The minimum absolute atomic E-state index is 0.790. The largest absolute Gasteiger partial charge is 0.355 e. The first kappa shape index (κ1) is 14.3. The molecule has 4 heteroatoms. The molecular weight excluding hydrogens is 392 g/mol. The molecule has 104 valence electrons. The van der Waals surface area contributed by atoms with Crippen LogP contribution in [-0.2, 0) is 0 Å². The minimum Gasteiger partial charge on any atom is -0.355 e. The van der Waals surface area contributed by atoms with Crippen LogP contribution in [0.25, 0.3) is 11.1 Å². The van der Waals surface area contributed by atoms with Crippen LogP contribution in [0.5, 0.6) is 0 Å². The molecule has 0 aliphatic carbocycles. The Morgan fingerprint density at radius 2 is 1.33 bits per heavy atom. The second kappa shape index (κ2) is 6.41. The molecule has 0 spiro atoms. The van der Waals surface area contributed by atoms with Gasteiger partial charge in [0.25, 0.3) is 0 Å². The van der Waals surface area contributed by atoms with Crippen molar-refractivity contribution >= 4 is 43.2 Å². The minimum atomic E-state index is 0.790. The van der Waals surface area contributed by atoms with E-state index in [-0.39, 0.29) is 0 Å². The maximum atomic E-state index is 4.23. The number of hydrogen-bond acceptors (Lipinski definition) is 2. The molecule has 1 heterocycles. The molecule has 0 amide bonds. The number of halogens is 2. The molecule has 1 aromatic heterocycles. The number of hydrogen-bond donors (Lipinski definition) is 1. The van der Waals surface area contributed by atoms with Crippen LogP contribution in [0.15, 0.2) is 75.9 Å². The van der Waals surface area contributed by atoms with Crippen molar-refractivity contribution in [2.75, 3.05) is 5.32 Å². The van der Waals surface area contributed by atoms with E-state index in [4.69, 9.17) is 0 Å². The Morgan fingerprint density at radius 3 is 2.05 bits per heavy atom. The summed E-state index contributed by atoms with van der Waals surface area (Å²) in [5.41, 5.74) is 4.42. The van der Waals surface area contributed by atoms with E-state index in [0.717, 1.165) is 20.6 Å². The van der Waals surface area contributed by atoms with Crippen molar-refractivity contribution < 1.29 is 0 Å². The molecule has 0 fully saturated rings. The van der Waals surface area contributed by atoms with Gasteiger partial charge in [0.15, 0.2) is 0 Å². The number of nitrogens with zero attached hydrogens (tertiary/aromatic N) is 1. The predicted octanol–water partition coefficient (Wildman–Crippen LogP) is 6.02. The number of aromatic nitrogens is 1. The maximum absolute atomic E-state index is 4.23. The van der Waals surface area contributed by atoms with Gasteiger partial charge in [-0.1, -0.05) is 42.5 Å². The lowest BCUT2D eigenvalue weighted by molar-refractivity contribution is 1.23. The summed E-state index contributed by atoms with van der Waals surface area (Å²) in [7, 11) is 0. The molecule has 21 heavy (non-hydrogen) atoms.